The van der Waals surface area contributed by atoms with E-state index in [4.69, 9.17) is 13.7 Å². The SMILES string of the molecule is CC1(C)OC[C@H](COS(=O)(=O)Cc2ccccc2)O1. The minimum atomic E-state index is -3.59. The molecule has 0 aliphatic carbocycles. The quantitative estimate of drug-likeness (QED) is 0.771. The molecule has 0 aromatic heterocycles. The third kappa shape index (κ3) is 4.58. The molecule has 1 aliphatic heterocycles. The Morgan fingerprint density at radius 1 is 1.32 bits per heavy atom. The zero-order valence-electron chi connectivity index (χ0n) is 11.0. The fraction of sp³-hybridized carbons (Fsp3) is 0.538. The zero-order valence-corrected chi connectivity index (χ0v) is 11.9. The van der Waals surface area contributed by atoms with Crippen LogP contribution in [0.15, 0.2) is 30.3 Å². The summed E-state index contributed by atoms with van der Waals surface area (Å²) >= 11 is 0. The van der Waals surface area contributed by atoms with E-state index in [1.54, 1.807) is 38.1 Å². The van der Waals surface area contributed by atoms with Crippen LogP contribution in [0.25, 0.3) is 0 Å². The van der Waals surface area contributed by atoms with Crippen molar-refractivity contribution in [2.45, 2.75) is 31.5 Å². The molecule has 1 aromatic rings. The maximum absolute atomic E-state index is 11.8. The summed E-state index contributed by atoms with van der Waals surface area (Å²) in [7, 11) is -3.59. The van der Waals surface area contributed by atoms with Crippen molar-refractivity contribution in [3.05, 3.63) is 35.9 Å². The highest BCUT2D eigenvalue weighted by Gasteiger charge is 2.33. The predicted octanol–water partition coefficient (Wildman–Crippen LogP) is 1.68. The van der Waals surface area contributed by atoms with Gasteiger partial charge in [-0.3, -0.25) is 4.18 Å². The monoisotopic (exact) mass is 286 g/mol. The van der Waals surface area contributed by atoms with Gasteiger partial charge in [0.2, 0.25) is 0 Å². The average molecular weight is 286 g/mol. The van der Waals surface area contributed by atoms with Crippen LogP contribution in [-0.4, -0.2) is 33.5 Å². The molecule has 1 heterocycles. The molecular weight excluding hydrogens is 268 g/mol. The maximum atomic E-state index is 11.8. The first-order chi connectivity index (χ1) is 8.86. The summed E-state index contributed by atoms with van der Waals surface area (Å²) < 4.78 is 39.4. The summed E-state index contributed by atoms with van der Waals surface area (Å²) in [5.74, 6) is -0.804. The van der Waals surface area contributed by atoms with Gasteiger partial charge in [-0.25, -0.2) is 0 Å². The Balaban J connectivity index is 1.85. The smallest absolute Gasteiger partial charge is 0.271 e. The van der Waals surface area contributed by atoms with E-state index in [2.05, 4.69) is 0 Å². The predicted molar refractivity (Wildman–Crippen MR) is 69.9 cm³/mol. The highest BCUT2D eigenvalue weighted by molar-refractivity contribution is 7.85. The molecule has 0 saturated carbocycles. The van der Waals surface area contributed by atoms with Gasteiger partial charge in [-0.05, 0) is 19.4 Å². The Hall–Kier alpha value is -0.950. The highest BCUT2D eigenvalue weighted by atomic mass is 32.2. The molecule has 0 radical (unpaired) electrons. The van der Waals surface area contributed by atoms with Crippen molar-refractivity contribution in [2.75, 3.05) is 13.2 Å². The molecule has 0 bridgehead atoms. The van der Waals surface area contributed by atoms with Gasteiger partial charge in [0.15, 0.2) is 5.79 Å². The lowest BCUT2D eigenvalue weighted by Crippen LogP contribution is -2.25. The topological polar surface area (TPSA) is 61.8 Å². The molecule has 1 saturated heterocycles. The maximum Gasteiger partial charge on any atom is 0.271 e. The summed E-state index contributed by atoms with van der Waals surface area (Å²) in [6.45, 7) is 3.89. The molecule has 2 rings (SSSR count). The van der Waals surface area contributed by atoms with Crippen LogP contribution in [0.5, 0.6) is 0 Å². The standard InChI is InChI=1S/C13H18O5S/c1-13(2)16-8-12(18-13)9-17-19(14,15)10-11-6-4-3-5-7-11/h3-7,12H,8-10H2,1-2H3/t12-/m1/s1. The number of hydrogen-bond acceptors (Lipinski definition) is 5. The first-order valence-electron chi connectivity index (χ1n) is 6.09. The van der Waals surface area contributed by atoms with Gasteiger partial charge in [0.05, 0.1) is 13.2 Å². The molecule has 0 amide bonds. The lowest BCUT2D eigenvalue weighted by atomic mass is 10.2. The van der Waals surface area contributed by atoms with Crippen LogP contribution in [0.2, 0.25) is 0 Å². The molecule has 19 heavy (non-hydrogen) atoms. The number of ether oxygens (including phenoxy) is 2. The van der Waals surface area contributed by atoms with E-state index in [1.165, 1.54) is 0 Å². The van der Waals surface area contributed by atoms with E-state index in [0.29, 0.717) is 12.2 Å². The van der Waals surface area contributed by atoms with Crippen molar-refractivity contribution in [3.63, 3.8) is 0 Å². The second kappa shape index (κ2) is 5.58. The van der Waals surface area contributed by atoms with E-state index in [9.17, 15) is 8.42 Å². The Morgan fingerprint density at radius 2 is 2.00 bits per heavy atom. The lowest BCUT2D eigenvalue weighted by molar-refractivity contribution is -0.141. The molecule has 1 fully saturated rings. The average Bonchev–Trinajstić information content (AvgIpc) is 2.67. The minimum absolute atomic E-state index is 0.0153. The molecule has 1 aromatic carbocycles. The van der Waals surface area contributed by atoms with Crippen molar-refractivity contribution in [1.82, 2.24) is 0 Å². The van der Waals surface area contributed by atoms with Crippen LogP contribution in [-0.2, 0) is 29.5 Å². The summed E-state index contributed by atoms with van der Waals surface area (Å²) in [5, 5.41) is 0. The normalized spacial score (nSPS) is 22.5. The van der Waals surface area contributed by atoms with Crippen molar-refractivity contribution >= 4 is 10.1 Å². The van der Waals surface area contributed by atoms with E-state index in [-0.39, 0.29) is 18.5 Å². The molecule has 0 N–H and O–H groups in total. The minimum Gasteiger partial charge on any atom is -0.348 e. The molecule has 6 heteroatoms. The third-order valence-electron chi connectivity index (χ3n) is 2.69. The Morgan fingerprint density at radius 3 is 2.58 bits per heavy atom. The first-order valence-corrected chi connectivity index (χ1v) is 7.67. The second-order valence-electron chi connectivity index (χ2n) is 4.92. The largest absolute Gasteiger partial charge is 0.348 e. The van der Waals surface area contributed by atoms with Crippen molar-refractivity contribution in [3.8, 4) is 0 Å². The summed E-state index contributed by atoms with van der Waals surface area (Å²) in [6.07, 6.45) is -0.347. The zero-order chi connectivity index (χ0) is 13.9. The van der Waals surface area contributed by atoms with Crippen molar-refractivity contribution in [2.24, 2.45) is 0 Å². The van der Waals surface area contributed by atoms with Crippen LogP contribution >= 0.6 is 0 Å². The number of hydrogen-bond donors (Lipinski definition) is 0. The molecular formula is C13H18O5S. The summed E-state index contributed by atoms with van der Waals surface area (Å²) in [5.41, 5.74) is 0.700. The van der Waals surface area contributed by atoms with Gasteiger partial charge in [0.1, 0.15) is 11.9 Å². The summed E-state index contributed by atoms with van der Waals surface area (Å²) in [6, 6.07) is 8.92. The Bertz CT molecular complexity index is 509. The van der Waals surface area contributed by atoms with E-state index >= 15 is 0 Å². The first kappa shape index (κ1) is 14.5. The van der Waals surface area contributed by atoms with Gasteiger partial charge in [-0.1, -0.05) is 30.3 Å². The number of rotatable bonds is 5. The fourth-order valence-corrected chi connectivity index (χ4v) is 2.89. The van der Waals surface area contributed by atoms with E-state index in [1.807, 2.05) is 6.07 Å². The highest BCUT2D eigenvalue weighted by Crippen LogP contribution is 2.22. The van der Waals surface area contributed by atoms with Gasteiger partial charge in [0, 0.05) is 0 Å². The van der Waals surface area contributed by atoms with Crippen LogP contribution in [0.4, 0.5) is 0 Å². The van der Waals surface area contributed by atoms with Crippen molar-refractivity contribution < 1.29 is 22.1 Å². The summed E-state index contributed by atoms with van der Waals surface area (Å²) in [4.78, 5) is 0. The second-order valence-corrected chi connectivity index (χ2v) is 6.56. The third-order valence-corrected chi connectivity index (χ3v) is 3.87. The molecule has 0 spiro atoms. The molecule has 1 aliphatic rings. The van der Waals surface area contributed by atoms with Crippen LogP contribution in [0.1, 0.15) is 19.4 Å². The molecule has 1 atom stereocenters. The Labute approximate surface area is 113 Å². The van der Waals surface area contributed by atoms with Crippen LogP contribution in [0.3, 0.4) is 0 Å². The van der Waals surface area contributed by atoms with E-state index < -0.39 is 15.9 Å². The Kier molecular flexibility index (Phi) is 4.25. The number of benzene rings is 1. The van der Waals surface area contributed by atoms with Gasteiger partial charge in [-0.15, -0.1) is 0 Å². The van der Waals surface area contributed by atoms with Gasteiger partial charge in [0.25, 0.3) is 10.1 Å². The molecule has 0 unspecified atom stereocenters. The van der Waals surface area contributed by atoms with Crippen LogP contribution < -0.4 is 0 Å². The van der Waals surface area contributed by atoms with Gasteiger partial charge < -0.3 is 9.47 Å². The molecule has 5 nitrogen and oxygen atoms in total. The fourth-order valence-electron chi connectivity index (χ4n) is 1.84. The van der Waals surface area contributed by atoms with Gasteiger partial charge >= 0.3 is 0 Å². The van der Waals surface area contributed by atoms with Crippen molar-refractivity contribution in [1.29, 1.82) is 0 Å². The van der Waals surface area contributed by atoms with Gasteiger partial charge in [-0.2, -0.15) is 8.42 Å². The molecule has 106 valence electrons. The van der Waals surface area contributed by atoms with E-state index in [0.717, 1.165) is 0 Å². The van der Waals surface area contributed by atoms with Crippen LogP contribution in [0, 0.1) is 0 Å². The lowest BCUT2D eigenvalue weighted by Gasteiger charge is -2.16.